The van der Waals surface area contributed by atoms with Crippen LogP contribution >= 0.6 is 11.8 Å². The molecule has 1 aliphatic carbocycles. The van der Waals surface area contributed by atoms with Crippen LogP contribution in [0.2, 0.25) is 0 Å². The quantitative estimate of drug-likeness (QED) is 0.584. The third-order valence-electron chi connectivity index (χ3n) is 5.78. The van der Waals surface area contributed by atoms with Gasteiger partial charge in [0.25, 0.3) is 5.91 Å². The molecule has 0 heterocycles. The van der Waals surface area contributed by atoms with Crippen LogP contribution in [0.15, 0.2) is 47.4 Å². The van der Waals surface area contributed by atoms with Crippen molar-refractivity contribution in [1.29, 1.82) is 0 Å². The Balaban J connectivity index is 1.63. The van der Waals surface area contributed by atoms with E-state index in [1.807, 2.05) is 18.0 Å². The molecular weight excluding hydrogens is 418 g/mol. The minimum atomic E-state index is -0.702. The Bertz CT molecular complexity index is 932. The SMILES string of the molecule is CC(NC(=O)c1ccccc1SCC(=O)N(C)C1CCCCC1)c1ccc(F)cc1F. The number of carbonyl (C=O) groups excluding carboxylic acids is 2. The lowest BCUT2D eigenvalue weighted by atomic mass is 9.94. The smallest absolute Gasteiger partial charge is 0.252 e. The zero-order valence-electron chi connectivity index (χ0n) is 17.9. The molecule has 4 nitrogen and oxygen atoms in total. The van der Waals surface area contributed by atoms with Crippen molar-refractivity contribution >= 4 is 23.6 Å². The van der Waals surface area contributed by atoms with Gasteiger partial charge < -0.3 is 10.2 Å². The van der Waals surface area contributed by atoms with Crippen molar-refractivity contribution in [3.05, 3.63) is 65.2 Å². The van der Waals surface area contributed by atoms with Crippen molar-refractivity contribution in [1.82, 2.24) is 10.2 Å². The summed E-state index contributed by atoms with van der Waals surface area (Å²) in [6.07, 6.45) is 5.64. The summed E-state index contributed by atoms with van der Waals surface area (Å²) in [6.45, 7) is 1.65. The van der Waals surface area contributed by atoms with E-state index in [2.05, 4.69) is 5.32 Å². The monoisotopic (exact) mass is 446 g/mol. The van der Waals surface area contributed by atoms with E-state index in [-0.39, 0.29) is 23.1 Å². The van der Waals surface area contributed by atoms with Crippen LogP contribution < -0.4 is 5.32 Å². The first kappa shape index (κ1) is 23.3. The molecule has 1 atom stereocenters. The van der Waals surface area contributed by atoms with E-state index >= 15 is 0 Å². The molecular formula is C24H28F2N2O2S. The molecule has 2 amide bonds. The molecule has 0 aromatic heterocycles. The van der Waals surface area contributed by atoms with Crippen LogP contribution in [0.5, 0.6) is 0 Å². The molecule has 3 rings (SSSR count). The van der Waals surface area contributed by atoms with Gasteiger partial charge in [-0.05, 0) is 38.0 Å². The molecule has 0 aliphatic heterocycles. The molecule has 31 heavy (non-hydrogen) atoms. The fourth-order valence-electron chi connectivity index (χ4n) is 3.90. The van der Waals surface area contributed by atoms with Crippen molar-refractivity contribution < 1.29 is 18.4 Å². The van der Waals surface area contributed by atoms with Crippen molar-refractivity contribution in [2.75, 3.05) is 12.8 Å². The number of benzene rings is 2. The predicted octanol–water partition coefficient (Wildman–Crippen LogP) is 5.34. The summed E-state index contributed by atoms with van der Waals surface area (Å²) in [6, 6.07) is 10.0. The lowest BCUT2D eigenvalue weighted by Crippen LogP contribution is -2.39. The van der Waals surface area contributed by atoms with Gasteiger partial charge in [-0.1, -0.05) is 37.5 Å². The van der Waals surface area contributed by atoms with Crippen LogP contribution in [0.4, 0.5) is 8.78 Å². The Morgan fingerprint density at radius 2 is 1.84 bits per heavy atom. The van der Waals surface area contributed by atoms with E-state index in [9.17, 15) is 18.4 Å². The molecule has 2 aromatic carbocycles. The van der Waals surface area contributed by atoms with E-state index in [0.29, 0.717) is 16.5 Å². The summed E-state index contributed by atoms with van der Waals surface area (Å²) in [5.41, 5.74) is 0.638. The van der Waals surface area contributed by atoms with E-state index in [0.717, 1.165) is 31.7 Å². The maximum absolute atomic E-state index is 14.0. The number of halogens is 2. The topological polar surface area (TPSA) is 49.4 Å². The van der Waals surface area contributed by atoms with Crippen LogP contribution in [0.1, 0.15) is 61.0 Å². The Hall–Kier alpha value is -2.41. The number of thioether (sulfide) groups is 1. The highest BCUT2D eigenvalue weighted by atomic mass is 32.2. The van der Waals surface area contributed by atoms with Crippen LogP contribution in [-0.2, 0) is 4.79 Å². The molecule has 2 aromatic rings. The van der Waals surface area contributed by atoms with Crippen molar-refractivity contribution in [2.45, 2.75) is 56.0 Å². The first-order valence-corrected chi connectivity index (χ1v) is 11.6. The van der Waals surface area contributed by atoms with Crippen molar-refractivity contribution in [2.24, 2.45) is 0 Å². The minimum Gasteiger partial charge on any atom is -0.345 e. The minimum absolute atomic E-state index is 0.0499. The summed E-state index contributed by atoms with van der Waals surface area (Å²) in [5, 5.41) is 2.77. The van der Waals surface area contributed by atoms with Gasteiger partial charge in [-0.3, -0.25) is 9.59 Å². The molecule has 1 unspecified atom stereocenters. The fraction of sp³-hybridized carbons (Fsp3) is 0.417. The largest absolute Gasteiger partial charge is 0.345 e. The predicted molar refractivity (Wildman–Crippen MR) is 119 cm³/mol. The molecule has 0 saturated heterocycles. The highest BCUT2D eigenvalue weighted by Gasteiger charge is 2.23. The van der Waals surface area contributed by atoms with Crippen LogP contribution in [0, 0.1) is 11.6 Å². The van der Waals surface area contributed by atoms with Gasteiger partial charge in [0.1, 0.15) is 11.6 Å². The van der Waals surface area contributed by atoms with Gasteiger partial charge in [-0.15, -0.1) is 11.8 Å². The van der Waals surface area contributed by atoms with Crippen LogP contribution in [-0.4, -0.2) is 35.6 Å². The molecule has 1 N–H and O–H groups in total. The number of hydrogen-bond acceptors (Lipinski definition) is 3. The maximum Gasteiger partial charge on any atom is 0.252 e. The van der Waals surface area contributed by atoms with Gasteiger partial charge in [0.15, 0.2) is 0 Å². The van der Waals surface area contributed by atoms with E-state index in [1.165, 1.54) is 30.3 Å². The third kappa shape index (κ3) is 6.06. The van der Waals surface area contributed by atoms with Gasteiger partial charge in [-0.2, -0.15) is 0 Å². The van der Waals surface area contributed by atoms with E-state index < -0.39 is 17.7 Å². The molecule has 1 saturated carbocycles. The Kier molecular flexibility index (Phi) is 8.07. The standard InChI is InChI=1S/C24H28F2N2O2S/c1-16(19-13-12-17(25)14-21(19)26)27-24(30)20-10-6-7-11-22(20)31-15-23(29)28(2)18-8-4-3-5-9-18/h6-7,10-14,16,18H,3-5,8-9,15H2,1-2H3,(H,27,30). The van der Waals surface area contributed by atoms with Gasteiger partial charge in [-0.25, -0.2) is 8.78 Å². The zero-order valence-corrected chi connectivity index (χ0v) is 18.7. The molecule has 166 valence electrons. The van der Waals surface area contributed by atoms with Crippen molar-refractivity contribution in [3.63, 3.8) is 0 Å². The summed E-state index contributed by atoms with van der Waals surface area (Å²) >= 11 is 1.33. The molecule has 0 spiro atoms. The second kappa shape index (κ2) is 10.8. The second-order valence-corrected chi connectivity index (χ2v) is 8.96. The zero-order chi connectivity index (χ0) is 22.4. The Labute approximate surface area is 186 Å². The normalized spacial score (nSPS) is 15.4. The van der Waals surface area contributed by atoms with Gasteiger partial charge in [0.05, 0.1) is 17.4 Å². The molecule has 0 radical (unpaired) electrons. The fourth-order valence-corrected chi connectivity index (χ4v) is 4.87. The number of hydrogen-bond donors (Lipinski definition) is 1. The average molecular weight is 447 g/mol. The lowest BCUT2D eigenvalue weighted by Gasteiger charge is -2.31. The Morgan fingerprint density at radius 3 is 2.55 bits per heavy atom. The van der Waals surface area contributed by atoms with Crippen LogP contribution in [0.3, 0.4) is 0 Å². The average Bonchev–Trinajstić information content (AvgIpc) is 2.77. The number of amides is 2. The number of carbonyl (C=O) groups is 2. The summed E-state index contributed by atoms with van der Waals surface area (Å²) in [4.78, 5) is 28.0. The number of nitrogens with one attached hydrogen (secondary N) is 1. The third-order valence-corrected chi connectivity index (χ3v) is 6.83. The van der Waals surface area contributed by atoms with Gasteiger partial charge in [0.2, 0.25) is 5.91 Å². The Morgan fingerprint density at radius 1 is 1.13 bits per heavy atom. The van der Waals surface area contributed by atoms with E-state index in [4.69, 9.17) is 0 Å². The van der Waals surface area contributed by atoms with Crippen LogP contribution in [0.25, 0.3) is 0 Å². The van der Waals surface area contributed by atoms with E-state index in [1.54, 1.807) is 25.1 Å². The highest BCUT2D eigenvalue weighted by molar-refractivity contribution is 8.00. The number of rotatable bonds is 7. The number of nitrogens with zero attached hydrogens (tertiary/aromatic N) is 1. The molecule has 0 bridgehead atoms. The molecule has 1 aliphatic rings. The second-order valence-electron chi connectivity index (χ2n) is 7.94. The van der Waals surface area contributed by atoms with Crippen molar-refractivity contribution in [3.8, 4) is 0 Å². The van der Waals surface area contributed by atoms with Gasteiger partial charge >= 0.3 is 0 Å². The summed E-state index contributed by atoms with van der Waals surface area (Å²) in [5.74, 6) is -1.43. The lowest BCUT2D eigenvalue weighted by molar-refractivity contribution is -0.129. The first-order chi connectivity index (χ1) is 14.9. The summed E-state index contributed by atoms with van der Waals surface area (Å²) < 4.78 is 27.2. The highest BCUT2D eigenvalue weighted by Crippen LogP contribution is 2.26. The summed E-state index contributed by atoms with van der Waals surface area (Å²) in [7, 11) is 1.86. The van der Waals surface area contributed by atoms with Gasteiger partial charge in [0, 0.05) is 29.6 Å². The molecule has 1 fully saturated rings. The maximum atomic E-state index is 14.0. The first-order valence-electron chi connectivity index (χ1n) is 10.6. The molecule has 7 heteroatoms.